The first kappa shape index (κ1) is 14.9. The van der Waals surface area contributed by atoms with Crippen LogP contribution in [0.3, 0.4) is 0 Å². The van der Waals surface area contributed by atoms with E-state index >= 15 is 0 Å². The van der Waals surface area contributed by atoms with Gasteiger partial charge in [0.2, 0.25) is 0 Å². The number of Topliss-reactive ketones (excluding diaryl/α,β-unsaturated/α-hetero) is 1. The van der Waals surface area contributed by atoms with Gasteiger partial charge in [0, 0.05) is 18.5 Å². The molecule has 2 heteroatoms. The van der Waals surface area contributed by atoms with E-state index in [-0.39, 0.29) is 5.54 Å². The molecule has 0 bridgehead atoms. The molecular formula is C16H25NO. The number of carbonyl (C=O) groups is 1. The van der Waals surface area contributed by atoms with E-state index in [1.165, 1.54) is 5.56 Å². The Morgan fingerprint density at radius 2 is 1.78 bits per heavy atom. The van der Waals surface area contributed by atoms with Crippen LogP contribution in [0.15, 0.2) is 30.3 Å². The highest BCUT2D eigenvalue weighted by Gasteiger charge is 2.22. The quantitative estimate of drug-likeness (QED) is 0.768. The number of benzene rings is 1. The van der Waals surface area contributed by atoms with Gasteiger partial charge in [-0.15, -0.1) is 0 Å². The molecule has 0 aliphatic carbocycles. The van der Waals surface area contributed by atoms with E-state index in [4.69, 9.17) is 0 Å². The third kappa shape index (κ3) is 5.01. The summed E-state index contributed by atoms with van der Waals surface area (Å²) in [6.45, 7) is 9.93. The average Bonchev–Trinajstić information content (AvgIpc) is 2.34. The normalized spacial score (nSPS) is 11.8. The Bertz CT molecular complexity index is 364. The molecule has 0 aliphatic heterocycles. The van der Waals surface area contributed by atoms with E-state index in [0.29, 0.717) is 18.7 Å². The van der Waals surface area contributed by atoms with E-state index in [1.54, 1.807) is 0 Å². The molecule has 1 aromatic rings. The average molecular weight is 247 g/mol. The third-order valence-corrected chi connectivity index (χ3v) is 3.22. The lowest BCUT2D eigenvalue weighted by atomic mass is 10.0. The van der Waals surface area contributed by atoms with Gasteiger partial charge in [-0.25, -0.2) is 0 Å². The Kier molecular flexibility index (Phi) is 5.54. The zero-order valence-corrected chi connectivity index (χ0v) is 12.1. The fourth-order valence-electron chi connectivity index (χ4n) is 1.89. The summed E-state index contributed by atoms with van der Waals surface area (Å²) in [5.74, 6) is 0.318. The van der Waals surface area contributed by atoms with Crippen LogP contribution >= 0.6 is 0 Å². The lowest BCUT2D eigenvalue weighted by molar-refractivity contribution is -0.121. The van der Waals surface area contributed by atoms with Crippen molar-refractivity contribution in [2.24, 2.45) is 0 Å². The minimum Gasteiger partial charge on any atom is -0.298 e. The monoisotopic (exact) mass is 247 g/mol. The molecular weight excluding hydrogens is 222 g/mol. The van der Waals surface area contributed by atoms with E-state index in [0.717, 1.165) is 13.0 Å². The van der Waals surface area contributed by atoms with Crippen LogP contribution in [-0.2, 0) is 11.2 Å². The highest BCUT2D eigenvalue weighted by Crippen LogP contribution is 2.14. The summed E-state index contributed by atoms with van der Waals surface area (Å²) in [7, 11) is 0. The fraction of sp³-hybridized carbons (Fsp3) is 0.562. The van der Waals surface area contributed by atoms with Crippen molar-refractivity contribution in [2.45, 2.75) is 46.1 Å². The molecule has 0 aromatic heterocycles. The largest absolute Gasteiger partial charge is 0.298 e. The lowest BCUT2D eigenvalue weighted by Crippen LogP contribution is -2.45. The van der Waals surface area contributed by atoms with E-state index in [2.05, 4.69) is 49.9 Å². The first-order chi connectivity index (χ1) is 8.43. The summed E-state index contributed by atoms with van der Waals surface area (Å²) in [5.41, 5.74) is 1.37. The zero-order valence-electron chi connectivity index (χ0n) is 12.1. The minimum atomic E-state index is 0.0413. The molecule has 1 aromatic carbocycles. The molecule has 18 heavy (non-hydrogen) atoms. The van der Waals surface area contributed by atoms with Crippen LogP contribution in [-0.4, -0.2) is 29.3 Å². The molecule has 0 radical (unpaired) electrons. The third-order valence-electron chi connectivity index (χ3n) is 3.22. The fourth-order valence-corrected chi connectivity index (χ4v) is 1.89. The van der Waals surface area contributed by atoms with Gasteiger partial charge in [0.05, 0.1) is 6.54 Å². The summed E-state index contributed by atoms with van der Waals surface area (Å²) in [4.78, 5) is 13.9. The van der Waals surface area contributed by atoms with Gasteiger partial charge in [0.1, 0.15) is 5.78 Å². The first-order valence-corrected chi connectivity index (χ1v) is 6.74. The summed E-state index contributed by atoms with van der Waals surface area (Å²) in [6.07, 6.45) is 1.62. The molecule has 0 atom stereocenters. The van der Waals surface area contributed by atoms with Crippen LogP contribution in [0.2, 0.25) is 0 Å². The molecule has 0 saturated heterocycles. The summed E-state index contributed by atoms with van der Waals surface area (Å²) >= 11 is 0. The van der Waals surface area contributed by atoms with Gasteiger partial charge < -0.3 is 0 Å². The molecule has 0 unspecified atom stereocenters. The van der Waals surface area contributed by atoms with Gasteiger partial charge in [-0.05, 0) is 32.8 Å². The second-order valence-electron chi connectivity index (χ2n) is 5.72. The standard InChI is InChI=1S/C16H25NO/c1-5-15(18)13-17(16(2,3)4)12-11-14-9-7-6-8-10-14/h6-10H,5,11-13H2,1-4H3. The van der Waals surface area contributed by atoms with Crippen LogP contribution in [0.4, 0.5) is 0 Å². The number of ketones is 1. The maximum Gasteiger partial charge on any atom is 0.146 e. The van der Waals surface area contributed by atoms with Crippen LogP contribution < -0.4 is 0 Å². The Morgan fingerprint density at radius 1 is 1.17 bits per heavy atom. The van der Waals surface area contributed by atoms with Crippen LogP contribution in [0.25, 0.3) is 0 Å². The van der Waals surface area contributed by atoms with Crippen LogP contribution in [0.5, 0.6) is 0 Å². The minimum absolute atomic E-state index is 0.0413. The Balaban J connectivity index is 2.59. The smallest absolute Gasteiger partial charge is 0.146 e. The van der Waals surface area contributed by atoms with Crippen LogP contribution in [0, 0.1) is 0 Å². The number of rotatable bonds is 6. The predicted molar refractivity (Wildman–Crippen MR) is 76.8 cm³/mol. The van der Waals surface area contributed by atoms with Crippen molar-refractivity contribution in [3.8, 4) is 0 Å². The van der Waals surface area contributed by atoms with E-state index in [9.17, 15) is 4.79 Å². The maximum atomic E-state index is 11.6. The lowest BCUT2D eigenvalue weighted by Gasteiger charge is -2.35. The number of nitrogens with zero attached hydrogens (tertiary/aromatic N) is 1. The van der Waals surface area contributed by atoms with Gasteiger partial charge in [0.15, 0.2) is 0 Å². The Labute approximate surface area is 111 Å². The molecule has 0 fully saturated rings. The van der Waals surface area contributed by atoms with Gasteiger partial charge in [-0.2, -0.15) is 0 Å². The molecule has 0 saturated carbocycles. The molecule has 1 rings (SSSR count). The van der Waals surface area contributed by atoms with E-state index < -0.39 is 0 Å². The van der Waals surface area contributed by atoms with Crippen molar-refractivity contribution in [3.63, 3.8) is 0 Å². The number of hydrogen-bond donors (Lipinski definition) is 0. The maximum absolute atomic E-state index is 11.6. The van der Waals surface area contributed by atoms with Crippen molar-refractivity contribution < 1.29 is 4.79 Å². The molecule has 0 spiro atoms. The number of carbonyl (C=O) groups excluding carboxylic acids is 1. The SMILES string of the molecule is CCC(=O)CN(CCc1ccccc1)C(C)(C)C. The predicted octanol–water partition coefficient (Wildman–Crippen LogP) is 3.31. The zero-order chi connectivity index (χ0) is 13.6. The molecule has 2 nitrogen and oxygen atoms in total. The van der Waals surface area contributed by atoms with Crippen molar-refractivity contribution >= 4 is 5.78 Å². The molecule has 0 aliphatic rings. The molecule has 100 valence electrons. The molecule has 0 amide bonds. The topological polar surface area (TPSA) is 20.3 Å². The van der Waals surface area contributed by atoms with Gasteiger partial charge in [-0.3, -0.25) is 9.69 Å². The van der Waals surface area contributed by atoms with Crippen molar-refractivity contribution in [1.82, 2.24) is 4.90 Å². The second kappa shape index (κ2) is 6.69. The molecule has 0 N–H and O–H groups in total. The van der Waals surface area contributed by atoms with E-state index in [1.807, 2.05) is 13.0 Å². The second-order valence-corrected chi connectivity index (χ2v) is 5.72. The Hall–Kier alpha value is -1.15. The first-order valence-electron chi connectivity index (χ1n) is 6.74. The Morgan fingerprint density at radius 3 is 2.28 bits per heavy atom. The highest BCUT2D eigenvalue weighted by molar-refractivity contribution is 5.80. The van der Waals surface area contributed by atoms with Gasteiger partial charge in [0.25, 0.3) is 0 Å². The van der Waals surface area contributed by atoms with Crippen LogP contribution in [0.1, 0.15) is 39.7 Å². The van der Waals surface area contributed by atoms with Gasteiger partial charge in [-0.1, -0.05) is 37.3 Å². The summed E-state index contributed by atoms with van der Waals surface area (Å²) in [6, 6.07) is 10.4. The molecule has 0 heterocycles. The summed E-state index contributed by atoms with van der Waals surface area (Å²) < 4.78 is 0. The summed E-state index contributed by atoms with van der Waals surface area (Å²) in [5, 5.41) is 0. The van der Waals surface area contributed by atoms with Crippen molar-refractivity contribution in [2.75, 3.05) is 13.1 Å². The van der Waals surface area contributed by atoms with Crippen molar-refractivity contribution in [1.29, 1.82) is 0 Å². The van der Waals surface area contributed by atoms with Gasteiger partial charge >= 0.3 is 0 Å². The highest BCUT2D eigenvalue weighted by atomic mass is 16.1. The van der Waals surface area contributed by atoms with Crippen molar-refractivity contribution in [3.05, 3.63) is 35.9 Å². The number of hydrogen-bond acceptors (Lipinski definition) is 2.